The summed E-state index contributed by atoms with van der Waals surface area (Å²) in [7, 11) is 0. The third-order valence-corrected chi connectivity index (χ3v) is 10.4. The summed E-state index contributed by atoms with van der Waals surface area (Å²) in [6, 6.07) is 62.5. The third-order valence-electron chi connectivity index (χ3n) is 10.4. The van der Waals surface area contributed by atoms with E-state index in [4.69, 9.17) is 8.83 Å². The van der Waals surface area contributed by atoms with Gasteiger partial charge in [-0.2, -0.15) is 0 Å². The van der Waals surface area contributed by atoms with E-state index < -0.39 is 0 Å². The second kappa shape index (κ2) is 10.8. The molecule has 3 aromatic heterocycles. The molecule has 0 radical (unpaired) electrons. The Morgan fingerprint density at radius 3 is 1.82 bits per heavy atom. The first kappa shape index (κ1) is 28.0. The third kappa shape index (κ3) is 4.25. The van der Waals surface area contributed by atoms with E-state index in [1.54, 1.807) is 0 Å². The second-order valence-electron chi connectivity index (χ2n) is 13.3. The van der Waals surface area contributed by atoms with E-state index in [9.17, 15) is 0 Å². The van der Waals surface area contributed by atoms with Gasteiger partial charge in [-0.3, -0.25) is 0 Å². The van der Waals surface area contributed by atoms with Gasteiger partial charge in [0.15, 0.2) is 5.58 Å². The molecular weight excluding hydrogens is 623 g/mol. The average Bonchev–Trinajstić information content (AvgIpc) is 3.87. The highest BCUT2D eigenvalue weighted by molar-refractivity contribution is 6.16. The number of para-hydroxylation sites is 3. The van der Waals surface area contributed by atoms with Gasteiger partial charge in [0.25, 0.3) is 0 Å². The first-order chi connectivity index (χ1) is 25.3. The van der Waals surface area contributed by atoms with Crippen LogP contribution >= 0.6 is 0 Å². The van der Waals surface area contributed by atoms with E-state index in [0.717, 1.165) is 82.9 Å². The van der Waals surface area contributed by atoms with Crippen molar-refractivity contribution in [2.45, 2.75) is 0 Å². The minimum atomic E-state index is 0.865. The molecule has 0 bridgehead atoms. The Kier molecular flexibility index (Phi) is 5.96. The van der Waals surface area contributed by atoms with Crippen LogP contribution in [0.25, 0.3) is 105 Å². The molecule has 0 amide bonds. The average molecular weight is 652 g/mol. The van der Waals surface area contributed by atoms with Gasteiger partial charge in [0.1, 0.15) is 16.7 Å². The van der Waals surface area contributed by atoms with Crippen LogP contribution in [0.2, 0.25) is 0 Å². The zero-order valence-electron chi connectivity index (χ0n) is 27.5. The Morgan fingerprint density at radius 1 is 0.314 bits per heavy atom. The van der Waals surface area contributed by atoms with E-state index in [1.807, 2.05) is 12.1 Å². The van der Waals surface area contributed by atoms with E-state index in [1.165, 1.54) is 21.9 Å². The van der Waals surface area contributed by atoms with E-state index in [0.29, 0.717) is 0 Å². The van der Waals surface area contributed by atoms with Crippen molar-refractivity contribution in [1.82, 2.24) is 4.57 Å². The Bertz CT molecular complexity index is 3130. The number of furan rings is 2. The lowest BCUT2D eigenvalue weighted by Gasteiger charge is -2.09. The molecule has 8 aromatic carbocycles. The van der Waals surface area contributed by atoms with Crippen LogP contribution in [0.5, 0.6) is 0 Å². The molecule has 0 unspecified atom stereocenters. The number of benzene rings is 8. The molecule has 11 rings (SSSR count). The summed E-state index contributed by atoms with van der Waals surface area (Å²) in [5.74, 6) is 0. The van der Waals surface area contributed by atoms with Crippen molar-refractivity contribution >= 4 is 65.7 Å². The van der Waals surface area contributed by atoms with Gasteiger partial charge in [0.05, 0.1) is 16.7 Å². The second-order valence-corrected chi connectivity index (χ2v) is 13.3. The minimum Gasteiger partial charge on any atom is -0.456 e. The van der Waals surface area contributed by atoms with Crippen LogP contribution in [0.15, 0.2) is 185 Å². The van der Waals surface area contributed by atoms with E-state index >= 15 is 0 Å². The van der Waals surface area contributed by atoms with E-state index in [2.05, 4.69) is 168 Å². The van der Waals surface area contributed by atoms with Gasteiger partial charge in [-0.15, -0.1) is 0 Å². The van der Waals surface area contributed by atoms with Crippen molar-refractivity contribution in [3.05, 3.63) is 176 Å². The summed E-state index contributed by atoms with van der Waals surface area (Å²) in [6.07, 6.45) is 0. The maximum absolute atomic E-state index is 7.05. The molecule has 0 atom stereocenters. The van der Waals surface area contributed by atoms with Gasteiger partial charge < -0.3 is 13.4 Å². The van der Waals surface area contributed by atoms with Crippen LogP contribution in [0.1, 0.15) is 0 Å². The maximum atomic E-state index is 7.05. The first-order valence-electron chi connectivity index (χ1n) is 17.3. The predicted molar refractivity (Wildman–Crippen MR) is 212 cm³/mol. The molecule has 0 aliphatic heterocycles. The highest BCUT2D eigenvalue weighted by atomic mass is 16.3. The number of fused-ring (bicyclic) bond motifs is 9. The number of hydrogen-bond acceptors (Lipinski definition) is 2. The molecular formula is C48H29NO2. The molecule has 0 saturated heterocycles. The standard InChI is InChI=1S/C48H29NO2/c1-3-12-30(13-4-1)32-23-25-43-40(26-32)35-16-7-9-19-42(35)49(43)44-20-11-18-38-41-28-34(27-39(47(41)51-48(38)44)31-14-5-2-6-15-31)33-22-24-37-36-17-8-10-21-45(36)50-46(37)29-33/h1-29H. The fourth-order valence-corrected chi connectivity index (χ4v) is 8.01. The summed E-state index contributed by atoms with van der Waals surface area (Å²) in [4.78, 5) is 0. The van der Waals surface area contributed by atoms with Crippen LogP contribution in [0, 0.1) is 0 Å². The lowest BCUT2D eigenvalue weighted by Crippen LogP contribution is -1.94. The summed E-state index contributed by atoms with van der Waals surface area (Å²) in [5, 5.41) is 6.85. The zero-order valence-corrected chi connectivity index (χ0v) is 27.5. The summed E-state index contributed by atoms with van der Waals surface area (Å²) >= 11 is 0. The van der Waals surface area contributed by atoms with Crippen LogP contribution in [0.4, 0.5) is 0 Å². The Balaban J connectivity index is 1.17. The van der Waals surface area contributed by atoms with Crippen molar-refractivity contribution in [2.24, 2.45) is 0 Å². The summed E-state index contributed by atoms with van der Waals surface area (Å²) < 4.78 is 15.7. The van der Waals surface area contributed by atoms with Gasteiger partial charge in [0, 0.05) is 37.9 Å². The summed E-state index contributed by atoms with van der Waals surface area (Å²) in [6.45, 7) is 0. The van der Waals surface area contributed by atoms with Crippen molar-refractivity contribution < 1.29 is 8.83 Å². The van der Waals surface area contributed by atoms with Gasteiger partial charge in [-0.05, 0) is 82.4 Å². The molecule has 3 heterocycles. The zero-order chi connectivity index (χ0) is 33.5. The van der Waals surface area contributed by atoms with Crippen molar-refractivity contribution in [3.8, 4) is 39.1 Å². The molecule has 0 fully saturated rings. The predicted octanol–water partition coefficient (Wildman–Crippen LogP) is 13.6. The highest BCUT2D eigenvalue weighted by Gasteiger charge is 2.21. The normalized spacial score (nSPS) is 11.9. The molecule has 11 aromatic rings. The molecule has 0 aliphatic carbocycles. The Labute approximate surface area is 293 Å². The minimum absolute atomic E-state index is 0.865. The lowest BCUT2D eigenvalue weighted by atomic mass is 9.95. The quantitative estimate of drug-likeness (QED) is 0.190. The van der Waals surface area contributed by atoms with Crippen molar-refractivity contribution in [1.29, 1.82) is 0 Å². The lowest BCUT2D eigenvalue weighted by molar-refractivity contribution is 0.667. The molecule has 238 valence electrons. The van der Waals surface area contributed by atoms with Crippen LogP contribution in [0.3, 0.4) is 0 Å². The topological polar surface area (TPSA) is 31.2 Å². The molecule has 0 spiro atoms. The highest BCUT2D eigenvalue weighted by Crippen LogP contribution is 2.44. The molecule has 3 nitrogen and oxygen atoms in total. The van der Waals surface area contributed by atoms with Gasteiger partial charge in [0.2, 0.25) is 0 Å². The molecule has 0 saturated carbocycles. The molecule has 51 heavy (non-hydrogen) atoms. The first-order valence-corrected chi connectivity index (χ1v) is 17.3. The Hall–Kier alpha value is -6.84. The molecule has 0 aliphatic rings. The molecule has 3 heteroatoms. The van der Waals surface area contributed by atoms with Gasteiger partial charge in [-0.1, -0.05) is 121 Å². The maximum Gasteiger partial charge on any atom is 0.159 e. The Morgan fingerprint density at radius 2 is 0.961 bits per heavy atom. The van der Waals surface area contributed by atoms with Crippen LogP contribution in [-0.2, 0) is 0 Å². The van der Waals surface area contributed by atoms with E-state index in [-0.39, 0.29) is 0 Å². The summed E-state index contributed by atoms with van der Waals surface area (Å²) in [5.41, 5.74) is 13.6. The van der Waals surface area contributed by atoms with Crippen LogP contribution < -0.4 is 0 Å². The number of hydrogen-bond donors (Lipinski definition) is 0. The monoisotopic (exact) mass is 651 g/mol. The van der Waals surface area contributed by atoms with Crippen LogP contribution in [-0.4, -0.2) is 4.57 Å². The largest absolute Gasteiger partial charge is 0.456 e. The SMILES string of the molecule is c1ccc(-c2ccc3c(c2)c2ccccc2n3-c2cccc3c2oc2c(-c4ccccc4)cc(-c4ccc5c(c4)oc4ccccc45)cc23)cc1. The fraction of sp³-hybridized carbons (Fsp3) is 0. The fourth-order valence-electron chi connectivity index (χ4n) is 8.01. The number of aromatic nitrogens is 1. The smallest absolute Gasteiger partial charge is 0.159 e. The van der Waals surface area contributed by atoms with Gasteiger partial charge >= 0.3 is 0 Å². The van der Waals surface area contributed by atoms with Gasteiger partial charge in [-0.25, -0.2) is 0 Å². The molecule has 0 N–H and O–H groups in total. The number of nitrogens with zero attached hydrogens (tertiary/aromatic N) is 1. The van der Waals surface area contributed by atoms with Crippen molar-refractivity contribution in [2.75, 3.05) is 0 Å². The van der Waals surface area contributed by atoms with Crippen molar-refractivity contribution in [3.63, 3.8) is 0 Å². The number of rotatable bonds is 4.